The van der Waals surface area contributed by atoms with E-state index >= 15 is 0 Å². The Morgan fingerprint density at radius 3 is 2.76 bits per heavy atom. The van der Waals surface area contributed by atoms with Crippen molar-refractivity contribution in [1.82, 2.24) is 9.97 Å². The first kappa shape index (κ1) is 13.9. The minimum atomic E-state index is 0.448. The average Bonchev–Trinajstić information content (AvgIpc) is 2.46. The van der Waals surface area contributed by atoms with Gasteiger partial charge in [-0.2, -0.15) is 4.98 Å². The van der Waals surface area contributed by atoms with Gasteiger partial charge in [0.15, 0.2) is 0 Å². The third kappa shape index (κ3) is 2.84. The molecule has 21 heavy (non-hydrogen) atoms. The average molecular weight is 282 g/mol. The predicted octanol–water partition coefficient (Wildman–Crippen LogP) is 3.17. The van der Waals surface area contributed by atoms with Crippen LogP contribution in [0, 0.1) is 6.92 Å². The fourth-order valence-electron chi connectivity index (χ4n) is 2.92. The molecule has 2 heterocycles. The third-order valence-corrected chi connectivity index (χ3v) is 3.98. The number of fused-ring (bicyclic) bond motifs is 1. The van der Waals surface area contributed by atoms with Crippen molar-refractivity contribution in [3.63, 3.8) is 0 Å². The third-order valence-electron chi connectivity index (χ3n) is 3.98. The minimum Gasteiger partial charge on any atom is -0.354 e. The molecule has 0 fully saturated rings. The van der Waals surface area contributed by atoms with Crippen LogP contribution in [0.4, 0.5) is 11.8 Å². The minimum absolute atomic E-state index is 0.448. The lowest BCUT2D eigenvalue weighted by Gasteiger charge is -2.36. The molecule has 0 saturated heterocycles. The molecule has 4 heteroatoms. The Bertz CT molecular complexity index is 638. The number of aromatic nitrogens is 2. The second-order valence-corrected chi connectivity index (χ2v) is 5.67. The second-order valence-electron chi connectivity index (χ2n) is 5.67. The van der Waals surface area contributed by atoms with E-state index in [-0.39, 0.29) is 0 Å². The van der Waals surface area contributed by atoms with Gasteiger partial charge in [-0.3, -0.25) is 0 Å². The molecule has 0 amide bonds. The fraction of sp³-hybridized carbons (Fsp3) is 0.412. The SMILES string of the molecule is CCNc1nc(C)cc(N2Cc3ccccc3C[C@H]2C)n1. The zero-order valence-corrected chi connectivity index (χ0v) is 12.9. The summed E-state index contributed by atoms with van der Waals surface area (Å²) in [5.41, 5.74) is 3.86. The molecule has 1 aromatic heterocycles. The van der Waals surface area contributed by atoms with Gasteiger partial charge in [0.2, 0.25) is 5.95 Å². The molecular weight excluding hydrogens is 260 g/mol. The quantitative estimate of drug-likeness (QED) is 0.939. The first-order valence-corrected chi connectivity index (χ1v) is 7.60. The molecule has 2 aromatic rings. The Morgan fingerprint density at radius 2 is 2.00 bits per heavy atom. The smallest absolute Gasteiger partial charge is 0.224 e. The van der Waals surface area contributed by atoms with E-state index < -0.39 is 0 Å². The molecule has 1 aliphatic heterocycles. The van der Waals surface area contributed by atoms with Crippen molar-refractivity contribution in [3.05, 3.63) is 47.2 Å². The summed E-state index contributed by atoms with van der Waals surface area (Å²) < 4.78 is 0. The zero-order chi connectivity index (χ0) is 14.8. The number of benzene rings is 1. The van der Waals surface area contributed by atoms with E-state index in [1.165, 1.54) is 11.1 Å². The Balaban J connectivity index is 1.93. The van der Waals surface area contributed by atoms with E-state index in [1.807, 2.05) is 6.92 Å². The van der Waals surface area contributed by atoms with Gasteiger partial charge >= 0.3 is 0 Å². The highest BCUT2D eigenvalue weighted by atomic mass is 15.2. The highest BCUT2D eigenvalue weighted by molar-refractivity contribution is 5.49. The summed E-state index contributed by atoms with van der Waals surface area (Å²) in [5, 5.41) is 3.21. The summed E-state index contributed by atoms with van der Waals surface area (Å²) in [4.78, 5) is 11.5. The van der Waals surface area contributed by atoms with Crippen LogP contribution in [-0.4, -0.2) is 22.6 Å². The molecule has 4 nitrogen and oxygen atoms in total. The molecule has 0 saturated carbocycles. The molecule has 0 unspecified atom stereocenters. The summed E-state index contributed by atoms with van der Waals surface area (Å²) in [6.07, 6.45) is 1.07. The number of rotatable bonds is 3. The van der Waals surface area contributed by atoms with Crippen molar-refractivity contribution < 1.29 is 0 Å². The highest BCUT2D eigenvalue weighted by Gasteiger charge is 2.24. The fourth-order valence-corrected chi connectivity index (χ4v) is 2.92. The highest BCUT2D eigenvalue weighted by Crippen LogP contribution is 2.28. The van der Waals surface area contributed by atoms with Crippen molar-refractivity contribution in [2.24, 2.45) is 0 Å². The summed E-state index contributed by atoms with van der Waals surface area (Å²) in [6, 6.07) is 11.2. The monoisotopic (exact) mass is 282 g/mol. The summed E-state index contributed by atoms with van der Waals surface area (Å²) >= 11 is 0. The van der Waals surface area contributed by atoms with Gasteiger partial charge in [0.25, 0.3) is 0 Å². The number of hydrogen-bond donors (Lipinski definition) is 1. The lowest BCUT2D eigenvalue weighted by Crippen LogP contribution is -2.39. The molecule has 0 radical (unpaired) electrons. The molecule has 0 spiro atoms. The topological polar surface area (TPSA) is 41.1 Å². The first-order valence-electron chi connectivity index (χ1n) is 7.60. The van der Waals surface area contributed by atoms with Crippen LogP contribution < -0.4 is 10.2 Å². The van der Waals surface area contributed by atoms with Crippen LogP contribution in [0.3, 0.4) is 0 Å². The van der Waals surface area contributed by atoms with E-state index in [9.17, 15) is 0 Å². The van der Waals surface area contributed by atoms with Gasteiger partial charge in [-0.1, -0.05) is 24.3 Å². The maximum Gasteiger partial charge on any atom is 0.224 e. The number of anilines is 2. The van der Waals surface area contributed by atoms with Crippen molar-refractivity contribution >= 4 is 11.8 Å². The van der Waals surface area contributed by atoms with Gasteiger partial charge in [0.1, 0.15) is 5.82 Å². The van der Waals surface area contributed by atoms with Crippen LogP contribution in [0.5, 0.6) is 0 Å². The standard InChI is InChI=1S/C17H22N4/c1-4-18-17-19-12(2)9-16(20-17)21-11-15-8-6-5-7-14(15)10-13(21)3/h5-9,13H,4,10-11H2,1-3H3,(H,18,19,20)/t13-/m1/s1. The number of hydrogen-bond acceptors (Lipinski definition) is 4. The number of nitrogens with zero attached hydrogens (tertiary/aromatic N) is 3. The molecule has 0 bridgehead atoms. The van der Waals surface area contributed by atoms with Gasteiger partial charge in [-0.15, -0.1) is 0 Å². The molecule has 3 rings (SSSR count). The summed E-state index contributed by atoms with van der Waals surface area (Å²) in [7, 11) is 0. The van der Waals surface area contributed by atoms with E-state index in [1.54, 1.807) is 0 Å². The number of aryl methyl sites for hydroxylation is 1. The van der Waals surface area contributed by atoms with Gasteiger partial charge in [-0.25, -0.2) is 4.98 Å². The van der Waals surface area contributed by atoms with E-state index in [2.05, 4.69) is 64.4 Å². The molecule has 110 valence electrons. The van der Waals surface area contributed by atoms with Crippen molar-refractivity contribution in [2.45, 2.75) is 39.8 Å². The van der Waals surface area contributed by atoms with E-state index in [4.69, 9.17) is 0 Å². The van der Waals surface area contributed by atoms with Crippen molar-refractivity contribution in [1.29, 1.82) is 0 Å². The Morgan fingerprint density at radius 1 is 1.24 bits per heavy atom. The molecule has 1 aromatic carbocycles. The first-order chi connectivity index (χ1) is 10.2. The summed E-state index contributed by atoms with van der Waals surface area (Å²) in [6.45, 7) is 8.10. The molecule has 1 N–H and O–H groups in total. The van der Waals surface area contributed by atoms with Gasteiger partial charge in [-0.05, 0) is 38.3 Å². The summed E-state index contributed by atoms with van der Waals surface area (Å²) in [5.74, 6) is 1.74. The van der Waals surface area contributed by atoms with Crippen LogP contribution >= 0.6 is 0 Å². The van der Waals surface area contributed by atoms with Crippen molar-refractivity contribution in [3.8, 4) is 0 Å². The van der Waals surface area contributed by atoms with E-state index in [0.717, 1.165) is 37.0 Å². The maximum atomic E-state index is 4.67. The normalized spacial score (nSPS) is 17.5. The zero-order valence-electron chi connectivity index (χ0n) is 12.9. The largest absolute Gasteiger partial charge is 0.354 e. The molecule has 0 aliphatic carbocycles. The lowest BCUT2D eigenvalue weighted by molar-refractivity contribution is 0.586. The molecule has 1 aliphatic rings. The number of nitrogens with one attached hydrogen (secondary N) is 1. The van der Waals surface area contributed by atoms with Crippen LogP contribution in [0.25, 0.3) is 0 Å². The maximum absolute atomic E-state index is 4.67. The van der Waals surface area contributed by atoms with Crippen LogP contribution in [-0.2, 0) is 13.0 Å². The van der Waals surface area contributed by atoms with Crippen molar-refractivity contribution in [2.75, 3.05) is 16.8 Å². The van der Waals surface area contributed by atoms with Gasteiger partial charge in [0.05, 0.1) is 0 Å². The van der Waals surface area contributed by atoms with Crippen LogP contribution in [0.1, 0.15) is 30.7 Å². The molecule has 1 atom stereocenters. The van der Waals surface area contributed by atoms with Crippen LogP contribution in [0.15, 0.2) is 30.3 Å². The van der Waals surface area contributed by atoms with Gasteiger partial charge in [0, 0.05) is 30.9 Å². The molecular formula is C17H22N4. The van der Waals surface area contributed by atoms with Gasteiger partial charge < -0.3 is 10.2 Å². The Kier molecular flexibility index (Phi) is 3.78. The van der Waals surface area contributed by atoms with Crippen LogP contribution in [0.2, 0.25) is 0 Å². The second kappa shape index (κ2) is 5.72. The lowest BCUT2D eigenvalue weighted by atomic mass is 9.95. The Labute approximate surface area is 126 Å². The van der Waals surface area contributed by atoms with E-state index in [0.29, 0.717) is 6.04 Å². The predicted molar refractivity (Wildman–Crippen MR) is 86.7 cm³/mol. The Hall–Kier alpha value is -2.10.